The summed E-state index contributed by atoms with van der Waals surface area (Å²) >= 11 is 0. The summed E-state index contributed by atoms with van der Waals surface area (Å²) in [6, 6.07) is 8.07. The van der Waals surface area contributed by atoms with Crippen LogP contribution in [0.3, 0.4) is 0 Å². The quantitative estimate of drug-likeness (QED) is 0.660. The molecule has 0 fully saturated rings. The molecule has 0 saturated heterocycles. The molecule has 1 aromatic carbocycles. The van der Waals surface area contributed by atoms with Crippen molar-refractivity contribution in [3.8, 4) is 17.2 Å². The first-order chi connectivity index (χ1) is 12.5. The predicted octanol–water partition coefficient (Wildman–Crippen LogP) is 1.16. The topological polar surface area (TPSA) is 108 Å². The van der Waals surface area contributed by atoms with Gasteiger partial charge in [0.25, 0.3) is 0 Å². The van der Waals surface area contributed by atoms with Crippen molar-refractivity contribution < 1.29 is 17.9 Å². The van der Waals surface area contributed by atoms with Crippen molar-refractivity contribution in [2.45, 2.75) is 11.4 Å². The molecule has 0 unspecified atom stereocenters. The van der Waals surface area contributed by atoms with E-state index in [1.165, 1.54) is 31.0 Å². The summed E-state index contributed by atoms with van der Waals surface area (Å²) in [6.07, 6.45) is 4.91. The average molecular weight is 375 g/mol. The van der Waals surface area contributed by atoms with Crippen molar-refractivity contribution in [1.82, 2.24) is 24.7 Å². The largest absolute Gasteiger partial charge is 0.497 e. The van der Waals surface area contributed by atoms with E-state index in [0.29, 0.717) is 11.4 Å². The second-order valence-corrected chi connectivity index (χ2v) is 6.94. The standard InChI is InChI=1S/C16H17N5O4S/c1-24-14-5-6-16(15(8-14)25-2)26(22,23)18-9-12-11-21(20-19-12)13-4-3-7-17-10-13/h3-8,10-11,18H,9H2,1-2H3. The van der Waals surface area contributed by atoms with Gasteiger partial charge in [0.1, 0.15) is 16.4 Å². The Morgan fingerprint density at radius 3 is 2.73 bits per heavy atom. The highest BCUT2D eigenvalue weighted by atomic mass is 32.2. The van der Waals surface area contributed by atoms with Crippen molar-refractivity contribution in [1.29, 1.82) is 0 Å². The highest BCUT2D eigenvalue weighted by Crippen LogP contribution is 2.28. The molecule has 2 aromatic heterocycles. The Kier molecular flexibility index (Phi) is 5.14. The molecule has 0 saturated carbocycles. The van der Waals surface area contributed by atoms with E-state index in [1.54, 1.807) is 30.7 Å². The Morgan fingerprint density at radius 2 is 2.04 bits per heavy atom. The molecular formula is C16H17N5O4S. The van der Waals surface area contributed by atoms with Gasteiger partial charge in [0.2, 0.25) is 10.0 Å². The first-order valence-electron chi connectivity index (χ1n) is 7.57. The Labute approximate surface area is 150 Å². The fourth-order valence-corrected chi connectivity index (χ4v) is 3.39. The van der Waals surface area contributed by atoms with Crippen LogP contribution >= 0.6 is 0 Å². The third kappa shape index (κ3) is 3.81. The van der Waals surface area contributed by atoms with Crippen LogP contribution in [0.15, 0.2) is 53.8 Å². The van der Waals surface area contributed by atoms with Gasteiger partial charge in [-0.1, -0.05) is 5.21 Å². The number of pyridine rings is 1. The highest BCUT2D eigenvalue weighted by Gasteiger charge is 2.20. The molecular weight excluding hydrogens is 358 g/mol. The molecule has 0 aliphatic rings. The predicted molar refractivity (Wildman–Crippen MR) is 92.7 cm³/mol. The number of ether oxygens (including phenoxy) is 2. The summed E-state index contributed by atoms with van der Waals surface area (Å²) in [5, 5.41) is 7.93. The molecule has 3 aromatic rings. The summed E-state index contributed by atoms with van der Waals surface area (Å²) in [5.74, 6) is 0.691. The van der Waals surface area contributed by atoms with Crippen molar-refractivity contribution >= 4 is 10.0 Å². The molecule has 0 aliphatic carbocycles. The van der Waals surface area contributed by atoms with Gasteiger partial charge < -0.3 is 9.47 Å². The molecule has 0 aliphatic heterocycles. The molecule has 2 heterocycles. The van der Waals surface area contributed by atoms with E-state index in [2.05, 4.69) is 20.0 Å². The number of sulfonamides is 1. The number of nitrogens with zero attached hydrogens (tertiary/aromatic N) is 4. The first kappa shape index (κ1) is 17.8. The van der Waals surface area contributed by atoms with Gasteiger partial charge in [0.15, 0.2) is 0 Å². The Hall–Kier alpha value is -2.98. The summed E-state index contributed by atoms with van der Waals surface area (Å²) in [4.78, 5) is 4.02. The lowest BCUT2D eigenvalue weighted by Gasteiger charge is -2.11. The van der Waals surface area contributed by atoms with Crippen LogP contribution < -0.4 is 14.2 Å². The number of benzene rings is 1. The van der Waals surface area contributed by atoms with Crippen LogP contribution in [0.4, 0.5) is 0 Å². The fourth-order valence-electron chi connectivity index (χ4n) is 2.24. The van der Waals surface area contributed by atoms with Crippen molar-refractivity contribution in [3.63, 3.8) is 0 Å². The average Bonchev–Trinajstić information content (AvgIpc) is 3.16. The highest BCUT2D eigenvalue weighted by molar-refractivity contribution is 7.89. The number of hydrogen-bond acceptors (Lipinski definition) is 7. The van der Waals surface area contributed by atoms with E-state index in [0.717, 1.165) is 5.69 Å². The minimum atomic E-state index is -3.80. The lowest BCUT2D eigenvalue weighted by atomic mass is 10.3. The van der Waals surface area contributed by atoms with Gasteiger partial charge in [-0.3, -0.25) is 4.98 Å². The van der Waals surface area contributed by atoms with Gasteiger partial charge >= 0.3 is 0 Å². The minimum Gasteiger partial charge on any atom is -0.497 e. The molecule has 3 rings (SSSR count). The molecule has 0 bridgehead atoms. The molecule has 26 heavy (non-hydrogen) atoms. The van der Waals surface area contributed by atoms with Crippen LogP contribution in [0.5, 0.6) is 11.5 Å². The summed E-state index contributed by atoms with van der Waals surface area (Å²) in [5.41, 5.74) is 1.19. The van der Waals surface area contributed by atoms with E-state index in [1.807, 2.05) is 6.07 Å². The van der Waals surface area contributed by atoms with Crippen molar-refractivity contribution in [2.75, 3.05) is 14.2 Å². The van der Waals surface area contributed by atoms with Crippen molar-refractivity contribution in [3.05, 3.63) is 54.6 Å². The Morgan fingerprint density at radius 1 is 1.19 bits per heavy atom. The molecule has 1 N–H and O–H groups in total. The van der Waals surface area contributed by atoms with Gasteiger partial charge in [-0.2, -0.15) is 0 Å². The molecule has 10 heteroatoms. The smallest absolute Gasteiger partial charge is 0.244 e. The van der Waals surface area contributed by atoms with Gasteiger partial charge in [0.05, 0.1) is 44.5 Å². The molecule has 0 radical (unpaired) electrons. The molecule has 0 amide bonds. The minimum absolute atomic E-state index is 0.0143. The van der Waals surface area contributed by atoms with Gasteiger partial charge in [0, 0.05) is 12.3 Å². The Balaban J connectivity index is 1.76. The number of hydrogen-bond donors (Lipinski definition) is 1. The number of methoxy groups -OCH3 is 2. The first-order valence-corrected chi connectivity index (χ1v) is 9.05. The second kappa shape index (κ2) is 7.50. The van der Waals surface area contributed by atoms with E-state index in [-0.39, 0.29) is 17.2 Å². The fraction of sp³-hybridized carbons (Fsp3) is 0.188. The van der Waals surface area contributed by atoms with Crippen LogP contribution in [0.1, 0.15) is 5.69 Å². The lowest BCUT2D eigenvalue weighted by Crippen LogP contribution is -2.24. The summed E-state index contributed by atoms with van der Waals surface area (Å²) < 4.78 is 39.4. The maximum atomic E-state index is 12.6. The van der Waals surface area contributed by atoms with E-state index in [4.69, 9.17) is 9.47 Å². The second-order valence-electron chi connectivity index (χ2n) is 5.21. The zero-order chi connectivity index (χ0) is 18.6. The summed E-state index contributed by atoms with van der Waals surface area (Å²) in [6.45, 7) is -0.0161. The number of aromatic nitrogens is 4. The van der Waals surface area contributed by atoms with Crippen LogP contribution in [0, 0.1) is 0 Å². The molecule has 0 atom stereocenters. The van der Waals surface area contributed by atoms with Crippen LogP contribution in [-0.4, -0.2) is 42.6 Å². The third-order valence-electron chi connectivity index (χ3n) is 3.55. The SMILES string of the molecule is COc1ccc(S(=O)(=O)NCc2cn(-c3cccnc3)nn2)c(OC)c1. The zero-order valence-electron chi connectivity index (χ0n) is 14.2. The normalized spacial score (nSPS) is 11.3. The number of nitrogens with one attached hydrogen (secondary N) is 1. The van der Waals surface area contributed by atoms with Gasteiger partial charge in [-0.15, -0.1) is 5.10 Å². The van der Waals surface area contributed by atoms with Gasteiger partial charge in [-0.05, 0) is 24.3 Å². The maximum Gasteiger partial charge on any atom is 0.244 e. The van der Waals surface area contributed by atoms with Crippen LogP contribution in [0.25, 0.3) is 5.69 Å². The monoisotopic (exact) mass is 375 g/mol. The van der Waals surface area contributed by atoms with Crippen molar-refractivity contribution in [2.24, 2.45) is 0 Å². The number of rotatable bonds is 7. The van der Waals surface area contributed by atoms with Gasteiger partial charge in [-0.25, -0.2) is 17.8 Å². The zero-order valence-corrected chi connectivity index (χ0v) is 15.0. The third-order valence-corrected chi connectivity index (χ3v) is 5.00. The van der Waals surface area contributed by atoms with Crippen LogP contribution in [0.2, 0.25) is 0 Å². The Bertz CT molecular complexity index is 989. The van der Waals surface area contributed by atoms with E-state index >= 15 is 0 Å². The van der Waals surface area contributed by atoms with E-state index < -0.39 is 10.0 Å². The lowest BCUT2D eigenvalue weighted by molar-refractivity contribution is 0.386. The summed E-state index contributed by atoms with van der Waals surface area (Å²) in [7, 11) is -0.913. The maximum absolute atomic E-state index is 12.6. The molecule has 136 valence electrons. The van der Waals surface area contributed by atoms with Crippen LogP contribution in [-0.2, 0) is 16.6 Å². The molecule has 0 spiro atoms. The van der Waals surface area contributed by atoms with E-state index in [9.17, 15) is 8.42 Å². The molecule has 9 nitrogen and oxygen atoms in total.